The van der Waals surface area contributed by atoms with Crippen molar-refractivity contribution in [1.29, 1.82) is 0 Å². The highest BCUT2D eigenvalue weighted by molar-refractivity contribution is 7.20. The van der Waals surface area contributed by atoms with Gasteiger partial charge in [0.1, 0.15) is 0 Å². The number of carbonyl (C=O) groups excluding carboxylic acids is 2. The van der Waals surface area contributed by atoms with Crippen LogP contribution in [0.3, 0.4) is 0 Å². The van der Waals surface area contributed by atoms with Crippen LogP contribution in [-0.4, -0.2) is 46.0 Å². The minimum Gasteiger partial charge on any atom is -0.466 e. The molecule has 1 aromatic carbocycles. The number of hydrogen-bond donors (Lipinski definition) is 0. The summed E-state index contributed by atoms with van der Waals surface area (Å²) in [5.41, 5.74) is 1.56. The molecule has 140 valence electrons. The third-order valence-corrected chi connectivity index (χ3v) is 5.88. The normalized spacial score (nSPS) is 15.2. The van der Waals surface area contributed by atoms with Crippen molar-refractivity contribution in [2.75, 3.05) is 19.7 Å². The van der Waals surface area contributed by atoms with Crippen molar-refractivity contribution in [2.24, 2.45) is 5.92 Å². The summed E-state index contributed by atoms with van der Waals surface area (Å²) >= 11 is 1.56. The van der Waals surface area contributed by atoms with Crippen LogP contribution < -0.4 is 0 Å². The van der Waals surface area contributed by atoms with E-state index in [1.54, 1.807) is 11.3 Å². The summed E-state index contributed by atoms with van der Waals surface area (Å²) in [5.74, 6) is -0.231. The molecule has 0 atom stereocenters. The van der Waals surface area contributed by atoms with Gasteiger partial charge in [0.2, 0.25) is 0 Å². The van der Waals surface area contributed by atoms with E-state index in [9.17, 15) is 9.59 Å². The van der Waals surface area contributed by atoms with Crippen molar-refractivity contribution in [2.45, 2.75) is 19.8 Å². The number of hydrogen-bond acceptors (Lipinski definition) is 5. The minimum atomic E-state index is -0.145. The highest BCUT2D eigenvalue weighted by Gasteiger charge is 2.28. The Morgan fingerprint density at radius 2 is 1.96 bits per heavy atom. The molecule has 4 rings (SSSR count). The molecule has 2 aromatic heterocycles. The van der Waals surface area contributed by atoms with E-state index in [2.05, 4.69) is 4.98 Å². The molecule has 0 saturated carbocycles. The summed E-state index contributed by atoms with van der Waals surface area (Å²) in [5, 5.41) is 0.884. The lowest BCUT2D eigenvalue weighted by molar-refractivity contribution is -0.149. The predicted molar refractivity (Wildman–Crippen MR) is 104 cm³/mol. The Kier molecular flexibility index (Phi) is 4.94. The molecule has 0 bridgehead atoms. The summed E-state index contributed by atoms with van der Waals surface area (Å²) in [6.07, 6.45) is 5.23. The molecule has 0 unspecified atom stereocenters. The molecule has 27 heavy (non-hydrogen) atoms. The number of nitrogens with zero attached hydrogens (tertiary/aromatic N) is 3. The summed E-state index contributed by atoms with van der Waals surface area (Å²) in [4.78, 5) is 31.2. The number of thiazole rings is 1. The van der Waals surface area contributed by atoms with Gasteiger partial charge in [-0.25, -0.2) is 4.98 Å². The number of amides is 1. The van der Waals surface area contributed by atoms with Gasteiger partial charge in [0, 0.05) is 31.0 Å². The van der Waals surface area contributed by atoms with E-state index < -0.39 is 0 Å². The van der Waals surface area contributed by atoms with Crippen LogP contribution in [0.2, 0.25) is 0 Å². The average molecular weight is 383 g/mol. The van der Waals surface area contributed by atoms with E-state index >= 15 is 0 Å². The first-order valence-corrected chi connectivity index (χ1v) is 9.97. The molecule has 1 aliphatic heterocycles. The van der Waals surface area contributed by atoms with Crippen molar-refractivity contribution in [1.82, 2.24) is 14.5 Å². The number of carbonyl (C=O) groups is 2. The van der Waals surface area contributed by atoms with E-state index in [-0.39, 0.29) is 17.8 Å². The van der Waals surface area contributed by atoms with Crippen LogP contribution in [0, 0.1) is 5.92 Å². The van der Waals surface area contributed by atoms with E-state index in [0.29, 0.717) is 38.1 Å². The second-order valence-corrected chi connectivity index (χ2v) is 7.60. The Balaban J connectivity index is 1.47. The number of fused-ring (bicyclic) bond motifs is 1. The number of piperidine rings is 1. The SMILES string of the molecule is CCOC(=O)C1CCN(C(=O)c2ccc3nc(-n4cccc4)sc3c2)CC1. The minimum absolute atomic E-state index is 0.00937. The fraction of sp³-hybridized carbons (Fsp3) is 0.350. The molecule has 0 N–H and O–H groups in total. The van der Waals surface area contributed by atoms with Crippen molar-refractivity contribution in [3.05, 3.63) is 48.3 Å². The fourth-order valence-electron chi connectivity index (χ4n) is 3.38. The van der Waals surface area contributed by atoms with Crippen LogP contribution in [0.4, 0.5) is 0 Å². The second-order valence-electron chi connectivity index (χ2n) is 6.59. The zero-order valence-corrected chi connectivity index (χ0v) is 15.9. The van der Waals surface area contributed by atoms with Gasteiger partial charge >= 0.3 is 5.97 Å². The largest absolute Gasteiger partial charge is 0.466 e. The van der Waals surface area contributed by atoms with Gasteiger partial charge in [0.25, 0.3) is 5.91 Å². The van der Waals surface area contributed by atoms with E-state index in [1.807, 2.05) is 59.1 Å². The molecule has 7 heteroatoms. The quantitative estimate of drug-likeness (QED) is 0.647. The summed E-state index contributed by atoms with van der Waals surface area (Å²) in [7, 11) is 0. The lowest BCUT2D eigenvalue weighted by Crippen LogP contribution is -2.40. The molecule has 0 radical (unpaired) electrons. The lowest BCUT2D eigenvalue weighted by atomic mass is 9.96. The molecule has 1 amide bonds. The number of benzene rings is 1. The topological polar surface area (TPSA) is 64.4 Å². The Labute approximate surface area is 161 Å². The Morgan fingerprint density at radius 3 is 2.67 bits per heavy atom. The molecule has 1 aliphatic rings. The first kappa shape index (κ1) is 17.7. The Morgan fingerprint density at radius 1 is 1.22 bits per heavy atom. The molecular formula is C20H21N3O3S. The smallest absolute Gasteiger partial charge is 0.309 e. The van der Waals surface area contributed by atoms with Gasteiger partial charge in [0.05, 0.1) is 22.7 Å². The highest BCUT2D eigenvalue weighted by Crippen LogP contribution is 2.27. The van der Waals surface area contributed by atoms with Crippen molar-refractivity contribution >= 4 is 33.4 Å². The first-order valence-electron chi connectivity index (χ1n) is 9.15. The van der Waals surface area contributed by atoms with Gasteiger partial charge < -0.3 is 14.2 Å². The van der Waals surface area contributed by atoms with Crippen molar-refractivity contribution < 1.29 is 14.3 Å². The van der Waals surface area contributed by atoms with Gasteiger partial charge in [-0.15, -0.1) is 0 Å². The highest BCUT2D eigenvalue weighted by atomic mass is 32.1. The van der Waals surface area contributed by atoms with E-state index in [0.717, 1.165) is 15.3 Å². The zero-order valence-electron chi connectivity index (χ0n) is 15.1. The molecule has 3 heterocycles. The van der Waals surface area contributed by atoms with E-state index in [4.69, 9.17) is 4.74 Å². The zero-order chi connectivity index (χ0) is 18.8. The Hall–Kier alpha value is -2.67. The van der Waals surface area contributed by atoms with Crippen LogP contribution in [0.25, 0.3) is 15.3 Å². The van der Waals surface area contributed by atoms with Gasteiger partial charge in [-0.3, -0.25) is 9.59 Å². The maximum Gasteiger partial charge on any atom is 0.309 e. The molecule has 1 fully saturated rings. The number of ether oxygens (including phenoxy) is 1. The molecule has 6 nitrogen and oxygen atoms in total. The molecule has 1 saturated heterocycles. The third kappa shape index (κ3) is 3.60. The standard InChI is InChI=1S/C20H21N3O3S/c1-2-26-19(25)14-7-11-22(12-8-14)18(24)15-5-6-16-17(13-15)27-20(21-16)23-9-3-4-10-23/h3-6,9-10,13-14H,2,7-8,11-12H2,1H3. The van der Waals surface area contributed by atoms with Crippen LogP contribution in [0.1, 0.15) is 30.1 Å². The molecule has 0 spiro atoms. The van der Waals surface area contributed by atoms with Gasteiger partial charge in [-0.2, -0.15) is 0 Å². The second kappa shape index (κ2) is 7.52. The summed E-state index contributed by atoms with van der Waals surface area (Å²) in [6.45, 7) is 3.38. The van der Waals surface area contributed by atoms with Crippen molar-refractivity contribution in [3.8, 4) is 5.13 Å². The lowest BCUT2D eigenvalue weighted by Gasteiger charge is -2.30. The molecular weight excluding hydrogens is 362 g/mol. The van der Waals surface area contributed by atoms with Crippen LogP contribution in [0.5, 0.6) is 0 Å². The molecule has 3 aromatic rings. The number of aromatic nitrogens is 2. The van der Waals surface area contributed by atoms with Gasteiger partial charge in [-0.05, 0) is 50.1 Å². The number of esters is 1. The Bertz CT molecular complexity index is 956. The van der Waals surface area contributed by atoms with Crippen LogP contribution in [0.15, 0.2) is 42.7 Å². The first-order chi connectivity index (χ1) is 13.2. The fourth-order valence-corrected chi connectivity index (χ4v) is 4.35. The van der Waals surface area contributed by atoms with Crippen LogP contribution in [-0.2, 0) is 9.53 Å². The van der Waals surface area contributed by atoms with Gasteiger partial charge in [-0.1, -0.05) is 11.3 Å². The average Bonchev–Trinajstić information content (AvgIpc) is 3.36. The predicted octanol–water partition coefficient (Wildman–Crippen LogP) is 3.50. The van der Waals surface area contributed by atoms with Crippen molar-refractivity contribution in [3.63, 3.8) is 0 Å². The summed E-state index contributed by atoms with van der Waals surface area (Å²) in [6, 6.07) is 9.57. The maximum atomic E-state index is 12.9. The summed E-state index contributed by atoms with van der Waals surface area (Å²) < 4.78 is 8.05. The van der Waals surface area contributed by atoms with Crippen LogP contribution >= 0.6 is 11.3 Å². The number of rotatable bonds is 4. The molecule has 0 aliphatic carbocycles. The monoisotopic (exact) mass is 383 g/mol. The third-order valence-electron chi connectivity index (χ3n) is 4.85. The number of likely N-dealkylation sites (tertiary alicyclic amines) is 1. The van der Waals surface area contributed by atoms with Gasteiger partial charge in [0.15, 0.2) is 5.13 Å². The van der Waals surface area contributed by atoms with E-state index in [1.165, 1.54) is 0 Å². The maximum absolute atomic E-state index is 12.9.